The van der Waals surface area contributed by atoms with Crippen LogP contribution >= 0.6 is 0 Å². The first-order valence-electron chi connectivity index (χ1n) is 7.41. The van der Waals surface area contributed by atoms with Crippen LogP contribution in [0.1, 0.15) is 52.9 Å². The van der Waals surface area contributed by atoms with Gasteiger partial charge in [-0.25, -0.2) is 0 Å². The van der Waals surface area contributed by atoms with E-state index in [0.717, 1.165) is 19.3 Å². The zero-order valence-electron chi connectivity index (χ0n) is 13.1. The second-order valence-corrected chi connectivity index (χ2v) is 6.96. The van der Waals surface area contributed by atoms with Crippen LogP contribution in [-0.4, -0.2) is 36.0 Å². The van der Waals surface area contributed by atoms with Gasteiger partial charge in [-0.15, -0.1) is 0 Å². The molecule has 1 fully saturated rings. The van der Waals surface area contributed by atoms with E-state index in [1.165, 1.54) is 0 Å². The highest BCUT2D eigenvalue weighted by Crippen LogP contribution is 2.43. The van der Waals surface area contributed by atoms with Crippen LogP contribution in [0.25, 0.3) is 0 Å². The summed E-state index contributed by atoms with van der Waals surface area (Å²) in [4.78, 5) is 34.2. The lowest BCUT2D eigenvalue weighted by molar-refractivity contribution is -0.142. The Kier molecular flexibility index (Phi) is 5.75. The molecule has 1 aliphatic rings. The molecule has 0 unspecified atom stereocenters. The van der Waals surface area contributed by atoms with E-state index < -0.39 is 11.4 Å². The average Bonchev–Trinajstić information content (AvgIpc) is 2.30. The van der Waals surface area contributed by atoms with Crippen LogP contribution in [0.5, 0.6) is 0 Å². The Balaban J connectivity index is 2.25. The van der Waals surface area contributed by atoms with Gasteiger partial charge in [0.1, 0.15) is 0 Å². The van der Waals surface area contributed by atoms with Crippen molar-refractivity contribution in [2.75, 3.05) is 13.1 Å². The smallest absolute Gasteiger partial charge is 0.303 e. The Morgan fingerprint density at radius 2 is 1.76 bits per heavy atom. The van der Waals surface area contributed by atoms with Gasteiger partial charge in [0.15, 0.2) is 0 Å². The van der Waals surface area contributed by atoms with Crippen LogP contribution in [0, 0.1) is 10.8 Å². The molecule has 0 radical (unpaired) electrons. The van der Waals surface area contributed by atoms with Crippen molar-refractivity contribution in [1.29, 1.82) is 0 Å². The van der Waals surface area contributed by atoms with E-state index in [9.17, 15) is 14.4 Å². The van der Waals surface area contributed by atoms with Crippen molar-refractivity contribution in [3.63, 3.8) is 0 Å². The summed E-state index contributed by atoms with van der Waals surface area (Å²) in [6, 6.07) is 0. The summed E-state index contributed by atoms with van der Waals surface area (Å²) in [6.45, 7) is 6.15. The van der Waals surface area contributed by atoms with Gasteiger partial charge < -0.3 is 15.7 Å². The van der Waals surface area contributed by atoms with Crippen LogP contribution in [0.3, 0.4) is 0 Å². The topological polar surface area (TPSA) is 95.5 Å². The molecule has 0 saturated heterocycles. The molecular weight excluding hydrogens is 272 g/mol. The Bertz CT molecular complexity index is 408. The van der Waals surface area contributed by atoms with Gasteiger partial charge in [0.05, 0.1) is 6.42 Å². The molecule has 0 aromatic rings. The minimum absolute atomic E-state index is 0.0864. The van der Waals surface area contributed by atoms with Crippen LogP contribution in [0.4, 0.5) is 0 Å². The number of hydrogen-bond acceptors (Lipinski definition) is 3. The lowest BCUT2D eigenvalue weighted by atomic mass is 9.66. The summed E-state index contributed by atoms with van der Waals surface area (Å²) in [5, 5.41) is 14.4. The highest BCUT2D eigenvalue weighted by molar-refractivity contribution is 5.82. The summed E-state index contributed by atoms with van der Waals surface area (Å²) >= 11 is 0. The van der Waals surface area contributed by atoms with Crippen molar-refractivity contribution in [1.82, 2.24) is 10.6 Å². The Labute approximate surface area is 125 Å². The van der Waals surface area contributed by atoms with E-state index in [0.29, 0.717) is 13.1 Å². The van der Waals surface area contributed by atoms with Crippen molar-refractivity contribution in [3.8, 4) is 0 Å². The molecule has 21 heavy (non-hydrogen) atoms. The van der Waals surface area contributed by atoms with Gasteiger partial charge in [-0.1, -0.05) is 27.2 Å². The van der Waals surface area contributed by atoms with Crippen LogP contribution in [0.2, 0.25) is 0 Å². The Hall–Kier alpha value is -1.59. The molecule has 0 bridgehead atoms. The number of carboxylic acids is 1. The zero-order valence-corrected chi connectivity index (χ0v) is 13.1. The predicted molar refractivity (Wildman–Crippen MR) is 78.6 cm³/mol. The van der Waals surface area contributed by atoms with E-state index in [1.807, 2.05) is 20.8 Å². The molecule has 0 heterocycles. The molecular formula is C15H26N2O4. The third-order valence-electron chi connectivity index (χ3n) is 3.92. The van der Waals surface area contributed by atoms with E-state index in [1.54, 1.807) is 0 Å². The monoisotopic (exact) mass is 298 g/mol. The molecule has 1 saturated carbocycles. The highest BCUT2D eigenvalue weighted by atomic mass is 16.4. The fourth-order valence-corrected chi connectivity index (χ4v) is 2.34. The van der Waals surface area contributed by atoms with Crippen LogP contribution in [-0.2, 0) is 14.4 Å². The molecule has 0 aromatic heterocycles. The number of rotatable bonds is 7. The number of carbonyl (C=O) groups excluding carboxylic acids is 2. The first-order valence-corrected chi connectivity index (χ1v) is 7.41. The van der Waals surface area contributed by atoms with E-state index in [-0.39, 0.29) is 30.1 Å². The molecule has 6 heteroatoms. The highest BCUT2D eigenvalue weighted by Gasteiger charge is 2.39. The van der Waals surface area contributed by atoms with Gasteiger partial charge in [0.2, 0.25) is 11.8 Å². The molecule has 0 atom stereocenters. The number of amides is 2. The van der Waals surface area contributed by atoms with Gasteiger partial charge in [-0.2, -0.15) is 0 Å². The normalized spacial score (nSPS) is 16.7. The van der Waals surface area contributed by atoms with Gasteiger partial charge in [0, 0.05) is 24.9 Å². The third-order valence-corrected chi connectivity index (χ3v) is 3.92. The fraction of sp³-hybridized carbons (Fsp3) is 0.800. The van der Waals surface area contributed by atoms with Gasteiger partial charge in [0.25, 0.3) is 0 Å². The summed E-state index contributed by atoms with van der Waals surface area (Å²) in [7, 11) is 0. The molecule has 120 valence electrons. The first-order chi connectivity index (χ1) is 9.65. The van der Waals surface area contributed by atoms with Crippen molar-refractivity contribution in [3.05, 3.63) is 0 Å². The van der Waals surface area contributed by atoms with Crippen molar-refractivity contribution in [2.24, 2.45) is 10.8 Å². The van der Waals surface area contributed by atoms with Crippen molar-refractivity contribution < 1.29 is 19.5 Å². The SMILES string of the molecule is CC(C)(C)C(=O)NCCC(=O)NCC1(CC(=O)O)CCC1. The number of nitrogens with one attached hydrogen (secondary N) is 2. The maximum Gasteiger partial charge on any atom is 0.303 e. The summed E-state index contributed by atoms with van der Waals surface area (Å²) in [5.74, 6) is -1.06. The average molecular weight is 298 g/mol. The van der Waals surface area contributed by atoms with E-state index >= 15 is 0 Å². The summed E-state index contributed by atoms with van der Waals surface area (Å²) < 4.78 is 0. The molecule has 0 aliphatic heterocycles. The molecule has 1 aliphatic carbocycles. The second kappa shape index (κ2) is 6.91. The standard InChI is InChI=1S/C15H26N2O4/c1-14(2,3)13(21)16-8-5-11(18)17-10-15(6-4-7-15)9-12(19)20/h4-10H2,1-3H3,(H,16,21)(H,17,18)(H,19,20). The lowest BCUT2D eigenvalue weighted by Crippen LogP contribution is -2.44. The van der Waals surface area contributed by atoms with Crippen molar-refractivity contribution >= 4 is 17.8 Å². The van der Waals surface area contributed by atoms with Gasteiger partial charge in [-0.05, 0) is 18.3 Å². The van der Waals surface area contributed by atoms with E-state index in [4.69, 9.17) is 5.11 Å². The summed E-state index contributed by atoms with van der Waals surface area (Å²) in [6.07, 6.45) is 3.03. The minimum Gasteiger partial charge on any atom is -0.481 e. The first kappa shape index (κ1) is 17.5. The maximum atomic E-state index is 11.7. The molecule has 2 amide bonds. The summed E-state index contributed by atoms with van der Waals surface area (Å²) in [5.41, 5.74) is -0.732. The minimum atomic E-state index is -0.818. The Morgan fingerprint density at radius 1 is 1.14 bits per heavy atom. The van der Waals surface area contributed by atoms with Gasteiger partial charge >= 0.3 is 5.97 Å². The number of hydrogen-bond donors (Lipinski definition) is 3. The second-order valence-electron chi connectivity index (χ2n) is 6.96. The number of carboxylic acid groups (broad SMARTS) is 1. The lowest BCUT2D eigenvalue weighted by Gasteiger charge is -2.40. The number of carbonyl (C=O) groups is 3. The molecule has 0 aromatic carbocycles. The number of aliphatic carboxylic acids is 1. The molecule has 6 nitrogen and oxygen atoms in total. The van der Waals surface area contributed by atoms with Crippen LogP contribution in [0.15, 0.2) is 0 Å². The molecule has 3 N–H and O–H groups in total. The zero-order chi connectivity index (χ0) is 16.1. The predicted octanol–water partition coefficient (Wildman–Crippen LogP) is 1.30. The quantitative estimate of drug-likeness (QED) is 0.660. The van der Waals surface area contributed by atoms with Gasteiger partial charge in [-0.3, -0.25) is 14.4 Å². The maximum absolute atomic E-state index is 11.7. The Morgan fingerprint density at radius 3 is 2.19 bits per heavy atom. The molecule has 0 spiro atoms. The van der Waals surface area contributed by atoms with Crippen molar-refractivity contribution in [2.45, 2.75) is 52.9 Å². The van der Waals surface area contributed by atoms with E-state index in [2.05, 4.69) is 10.6 Å². The fourth-order valence-electron chi connectivity index (χ4n) is 2.34. The molecule has 1 rings (SSSR count). The third kappa shape index (κ3) is 5.73. The largest absolute Gasteiger partial charge is 0.481 e. The van der Waals surface area contributed by atoms with Crippen LogP contribution < -0.4 is 10.6 Å².